The van der Waals surface area contributed by atoms with E-state index in [2.05, 4.69) is 0 Å². The number of rotatable bonds is 4. The third-order valence-corrected chi connectivity index (χ3v) is 7.90. The summed E-state index contributed by atoms with van der Waals surface area (Å²) in [6.07, 6.45) is 3.79. The van der Waals surface area contributed by atoms with E-state index in [1.807, 2.05) is 65.7 Å². The van der Waals surface area contributed by atoms with E-state index in [-0.39, 0.29) is 37.0 Å². The minimum atomic E-state index is -1.02. The molecule has 2 heterocycles. The van der Waals surface area contributed by atoms with Crippen LogP contribution in [0, 0.1) is 11.6 Å². The molecule has 8 heteroatoms. The van der Waals surface area contributed by atoms with Crippen molar-refractivity contribution in [2.45, 2.75) is 18.6 Å². The maximum Gasteiger partial charge on any atom is 0.277 e. The Hall–Kier alpha value is -4.72. The number of carbonyl (C=O) groups is 1. The van der Waals surface area contributed by atoms with Gasteiger partial charge in [-0.05, 0) is 33.9 Å². The topological polar surface area (TPSA) is 54.8 Å². The van der Waals surface area contributed by atoms with E-state index in [1.165, 1.54) is 11.0 Å². The number of pyridine rings is 1. The Balaban J connectivity index is 1.46. The third kappa shape index (κ3) is 3.17. The molecule has 194 valence electrons. The number of hydrogen-bond donors (Lipinski definition) is 0. The Morgan fingerprint density at radius 1 is 0.923 bits per heavy atom. The van der Waals surface area contributed by atoms with Gasteiger partial charge in [-0.2, -0.15) is 0 Å². The molecule has 0 saturated heterocycles. The molecular formula is C31H23F2N3O3. The fourth-order valence-electron chi connectivity index (χ4n) is 6.21. The van der Waals surface area contributed by atoms with Gasteiger partial charge in [0.15, 0.2) is 23.1 Å². The van der Waals surface area contributed by atoms with E-state index in [9.17, 15) is 14.0 Å². The quantitative estimate of drug-likeness (QED) is 0.393. The van der Waals surface area contributed by atoms with Crippen LogP contribution in [-0.4, -0.2) is 29.2 Å². The maximum atomic E-state index is 15.2. The second kappa shape index (κ2) is 8.39. The van der Waals surface area contributed by atoms with Crippen LogP contribution in [0.15, 0.2) is 89.4 Å². The fraction of sp³-hybridized carbons (Fsp3) is 0.161. The number of carbonyl (C=O) groups excluding carboxylic acids is 1. The Labute approximate surface area is 223 Å². The van der Waals surface area contributed by atoms with E-state index in [0.29, 0.717) is 11.1 Å². The van der Waals surface area contributed by atoms with Gasteiger partial charge in [0.05, 0.1) is 0 Å². The molecule has 6 nitrogen and oxygen atoms in total. The molecule has 1 amide bonds. The summed E-state index contributed by atoms with van der Waals surface area (Å²) in [5, 5.41) is 1.94. The van der Waals surface area contributed by atoms with E-state index in [1.54, 1.807) is 24.0 Å². The lowest BCUT2D eigenvalue weighted by atomic mass is 9.83. The minimum Gasteiger partial charge on any atom is -0.482 e. The lowest BCUT2D eigenvalue weighted by Crippen LogP contribution is -2.61. The van der Waals surface area contributed by atoms with Crippen LogP contribution in [-0.2, 0) is 18.6 Å². The molecule has 0 saturated carbocycles. The van der Waals surface area contributed by atoms with Crippen molar-refractivity contribution in [1.29, 1.82) is 0 Å². The molecule has 3 aromatic carbocycles. The molecule has 1 aliphatic heterocycles. The molecular weight excluding hydrogens is 500 g/mol. The normalized spacial score (nSPS) is 18.8. The Morgan fingerprint density at radius 2 is 1.69 bits per heavy atom. The Kier molecular flexibility index (Phi) is 5.04. The van der Waals surface area contributed by atoms with Crippen molar-refractivity contribution >= 4 is 12.0 Å². The van der Waals surface area contributed by atoms with Crippen molar-refractivity contribution in [3.8, 4) is 5.75 Å². The zero-order valence-corrected chi connectivity index (χ0v) is 21.0. The number of fused-ring (bicyclic) bond motifs is 6. The number of hydrogen-bond acceptors (Lipinski definition) is 4. The summed E-state index contributed by atoms with van der Waals surface area (Å²) >= 11 is 0. The average molecular weight is 524 g/mol. The van der Waals surface area contributed by atoms with Gasteiger partial charge in [0, 0.05) is 31.3 Å². The molecule has 0 bridgehead atoms. The third-order valence-electron chi connectivity index (χ3n) is 7.90. The predicted molar refractivity (Wildman–Crippen MR) is 142 cm³/mol. The van der Waals surface area contributed by atoms with Crippen molar-refractivity contribution < 1.29 is 18.3 Å². The van der Waals surface area contributed by atoms with Gasteiger partial charge in [0.1, 0.15) is 18.8 Å². The van der Waals surface area contributed by atoms with Gasteiger partial charge in [0.25, 0.3) is 5.91 Å². The van der Waals surface area contributed by atoms with E-state index >= 15 is 4.39 Å². The van der Waals surface area contributed by atoms with Crippen LogP contribution in [0.3, 0.4) is 0 Å². The van der Waals surface area contributed by atoms with Gasteiger partial charge < -0.3 is 9.64 Å². The summed E-state index contributed by atoms with van der Waals surface area (Å²) in [5.41, 5.74) is 3.12. The molecule has 1 aromatic heterocycles. The molecule has 7 rings (SSSR count). The Bertz CT molecular complexity index is 1770. The Morgan fingerprint density at radius 3 is 2.51 bits per heavy atom. The van der Waals surface area contributed by atoms with Crippen LogP contribution in [0.4, 0.5) is 8.78 Å². The molecule has 1 atom stereocenters. The van der Waals surface area contributed by atoms with Gasteiger partial charge >= 0.3 is 0 Å². The summed E-state index contributed by atoms with van der Waals surface area (Å²) in [5.74, 6) is -2.19. The van der Waals surface area contributed by atoms with Gasteiger partial charge in [-0.25, -0.2) is 8.78 Å². The molecule has 0 fully saturated rings. The van der Waals surface area contributed by atoms with E-state index < -0.39 is 22.6 Å². The highest BCUT2D eigenvalue weighted by Gasteiger charge is 2.56. The predicted octanol–water partition coefficient (Wildman–Crippen LogP) is 4.58. The zero-order chi connectivity index (χ0) is 26.9. The van der Waals surface area contributed by atoms with Crippen LogP contribution >= 0.6 is 0 Å². The molecule has 1 unspecified atom stereocenters. The van der Waals surface area contributed by atoms with E-state index in [4.69, 9.17) is 4.74 Å². The first-order chi connectivity index (χ1) is 18.9. The molecule has 3 aliphatic rings. The molecule has 0 N–H and O–H groups in total. The summed E-state index contributed by atoms with van der Waals surface area (Å²) in [6, 6.07) is 21.3. The lowest BCUT2D eigenvalue weighted by Gasteiger charge is -2.49. The van der Waals surface area contributed by atoms with Crippen LogP contribution in [0.2, 0.25) is 0 Å². The monoisotopic (exact) mass is 523 g/mol. The number of aromatic nitrogens is 1. The maximum absolute atomic E-state index is 15.2. The minimum absolute atomic E-state index is 0.0559. The van der Waals surface area contributed by atoms with Crippen molar-refractivity contribution in [2.24, 2.45) is 0 Å². The summed E-state index contributed by atoms with van der Waals surface area (Å²) in [6.45, 7) is 0.244. The van der Waals surface area contributed by atoms with Gasteiger partial charge in [-0.15, -0.1) is 0 Å². The van der Waals surface area contributed by atoms with E-state index in [0.717, 1.165) is 28.3 Å². The van der Waals surface area contributed by atoms with Gasteiger partial charge in [-0.1, -0.05) is 66.7 Å². The highest BCUT2D eigenvalue weighted by atomic mass is 19.2. The molecule has 39 heavy (non-hydrogen) atoms. The molecule has 0 radical (unpaired) electrons. The number of halogens is 2. The fourth-order valence-corrected chi connectivity index (χ4v) is 6.21. The van der Waals surface area contributed by atoms with Gasteiger partial charge in [0.2, 0.25) is 5.43 Å². The first-order valence-electron chi connectivity index (χ1n) is 12.6. The molecule has 2 aliphatic carbocycles. The van der Waals surface area contributed by atoms with Crippen LogP contribution in [0.5, 0.6) is 5.75 Å². The van der Waals surface area contributed by atoms with Crippen molar-refractivity contribution in [2.75, 3.05) is 18.7 Å². The lowest BCUT2D eigenvalue weighted by molar-refractivity contribution is 0.0712. The smallest absolute Gasteiger partial charge is 0.277 e. The number of benzene rings is 3. The van der Waals surface area contributed by atoms with Crippen LogP contribution in [0.1, 0.15) is 38.3 Å². The second-order valence-electron chi connectivity index (χ2n) is 10.1. The van der Waals surface area contributed by atoms with Crippen molar-refractivity contribution in [3.05, 3.63) is 140 Å². The summed E-state index contributed by atoms with van der Waals surface area (Å²) in [7, 11) is 1.65. The summed E-state index contributed by atoms with van der Waals surface area (Å²) in [4.78, 5) is 28.2. The largest absolute Gasteiger partial charge is 0.482 e. The second-order valence-corrected chi connectivity index (χ2v) is 10.1. The number of ether oxygens (including phenoxy) is 1. The first kappa shape index (κ1) is 23.4. The van der Waals surface area contributed by atoms with Crippen LogP contribution in [0.25, 0.3) is 6.08 Å². The van der Waals surface area contributed by atoms with Gasteiger partial charge in [-0.3, -0.25) is 19.3 Å². The average Bonchev–Trinajstić information content (AvgIpc) is 3.44. The van der Waals surface area contributed by atoms with Crippen LogP contribution < -0.4 is 15.2 Å². The SMILES string of the molecule is CN1CN(C23C(=Cc4ccccc42)Cc2c3ccc(F)c2F)n2ccc(=O)c(OCc3ccccc3)c2C1=O. The van der Waals surface area contributed by atoms with Crippen molar-refractivity contribution in [3.63, 3.8) is 0 Å². The highest BCUT2D eigenvalue weighted by molar-refractivity contribution is 5.96. The standard InChI is InChI=1S/C31H23F2N3O3/c1-34-18-36(35-14-13-26(37)29(28(35)30(34)38)39-17-19-7-3-2-4-8-19)31-21(15-20-9-5-6-10-23(20)31)16-22-24(31)11-12-25(32)27(22)33/h2-15H,16-18H2,1H3. The zero-order valence-electron chi connectivity index (χ0n) is 21.0. The molecule has 0 spiro atoms. The number of nitrogens with zero attached hydrogens (tertiary/aromatic N) is 3. The molecule has 4 aromatic rings. The first-order valence-corrected chi connectivity index (χ1v) is 12.6. The highest BCUT2D eigenvalue weighted by Crippen LogP contribution is 2.56. The number of amides is 1. The van der Waals surface area contributed by atoms with Crippen molar-refractivity contribution in [1.82, 2.24) is 9.58 Å². The summed E-state index contributed by atoms with van der Waals surface area (Å²) < 4.78 is 37.2.